The summed E-state index contributed by atoms with van der Waals surface area (Å²) in [6, 6.07) is 7.02. The second-order valence-corrected chi connectivity index (χ2v) is 4.57. The van der Waals surface area contributed by atoms with Crippen LogP contribution in [-0.4, -0.2) is 12.2 Å². The summed E-state index contributed by atoms with van der Waals surface area (Å²) in [6.07, 6.45) is 6.29. The maximum Gasteiger partial charge on any atom is 0.227 e. The Balaban J connectivity index is 1.99. The molecule has 0 atom stereocenters. The van der Waals surface area contributed by atoms with Crippen molar-refractivity contribution in [3.63, 3.8) is 0 Å². The molecule has 0 aromatic heterocycles. The molecule has 1 aliphatic carbocycles. The van der Waals surface area contributed by atoms with Crippen molar-refractivity contribution in [2.45, 2.75) is 32.1 Å². The molecule has 90 valence electrons. The Morgan fingerprint density at radius 1 is 1.24 bits per heavy atom. The molecule has 17 heavy (non-hydrogen) atoms. The number of benzene rings is 1. The van der Waals surface area contributed by atoms with Crippen molar-refractivity contribution in [2.24, 2.45) is 5.92 Å². The predicted octanol–water partition coefficient (Wildman–Crippen LogP) is 3.02. The molecule has 1 N–H and O–H groups in total. The molecule has 0 bridgehead atoms. The van der Waals surface area contributed by atoms with E-state index in [1.807, 2.05) is 6.07 Å². The number of hydrogen-bond donors (Lipinski definition) is 1. The van der Waals surface area contributed by atoms with E-state index in [9.17, 15) is 9.59 Å². The van der Waals surface area contributed by atoms with Gasteiger partial charge in [-0.3, -0.25) is 9.59 Å². The molecule has 1 aromatic rings. The van der Waals surface area contributed by atoms with Crippen LogP contribution in [-0.2, 0) is 4.79 Å². The first kappa shape index (κ1) is 11.8. The molecule has 1 fully saturated rings. The minimum atomic E-state index is 0.0905. The number of rotatable bonds is 3. The molecule has 1 saturated carbocycles. The summed E-state index contributed by atoms with van der Waals surface area (Å²) in [6.45, 7) is 0. The molecular weight excluding hydrogens is 214 g/mol. The van der Waals surface area contributed by atoms with Crippen LogP contribution in [0.4, 0.5) is 5.69 Å². The normalized spacial score (nSPS) is 16.5. The average molecular weight is 231 g/mol. The first-order valence-corrected chi connectivity index (χ1v) is 6.16. The Morgan fingerprint density at radius 3 is 2.71 bits per heavy atom. The van der Waals surface area contributed by atoms with Crippen molar-refractivity contribution >= 4 is 17.9 Å². The van der Waals surface area contributed by atoms with E-state index in [1.54, 1.807) is 18.2 Å². The second-order valence-electron chi connectivity index (χ2n) is 4.57. The third kappa shape index (κ3) is 3.16. The fourth-order valence-corrected chi connectivity index (χ4v) is 2.30. The number of anilines is 1. The number of hydrogen-bond acceptors (Lipinski definition) is 2. The van der Waals surface area contributed by atoms with Gasteiger partial charge in [0.15, 0.2) is 0 Å². The maximum absolute atomic E-state index is 12.0. The van der Waals surface area contributed by atoms with E-state index in [0.29, 0.717) is 11.3 Å². The smallest absolute Gasteiger partial charge is 0.227 e. The Labute approximate surface area is 101 Å². The number of amides is 1. The molecule has 0 spiro atoms. The predicted molar refractivity (Wildman–Crippen MR) is 67.0 cm³/mol. The van der Waals surface area contributed by atoms with Crippen LogP contribution in [0.1, 0.15) is 42.5 Å². The highest BCUT2D eigenvalue weighted by Gasteiger charge is 2.20. The highest BCUT2D eigenvalue weighted by molar-refractivity contribution is 5.93. The molecule has 0 aliphatic heterocycles. The molecular formula is C14H17NO2. The lowest BCUT2D eigenvalue weighted by atomic mass is 9.88. The van der Waals surface area contributed by atoms with Crippen molar-refractivity contribution in [3.8, 4) is 0 Å². The highest BCUT2D eigenvalue weighted by Crippen LogP contribution is 2.25. The van der Waals surface area contributed by atoms with Crippen LogP contribution < -0.4 is 5.32 Å². The number of carbonyl (C=O) groups is 2. The molecule has 0 radical (unpaired) electrons. The number of nitrogens with one attached hydrogen (secondary N) is 1. The van der Waals surface area contributed by atoms with Gasteiger partial charge in [0.05, 0.1) is 0 Å². The van der Waals surface area contributed by atoms with Crippen molar-refractivity contribution in [2.75, 3.05) is 5.32 Å². The van der Waals surface area contributed by atoms with E-state index in [-0.39, 0.29) is 11.8 Å². The van der Waals surface area contributed by atoms with Gasteiger partial charge in [0, 0.05) is 17.2 Å². The monoisotopic (exact) mass is 231 g/mol. The van der Waals surface area contributed by atoms with Gasteiger partial charge < -0.3 is 5.32 Å². The molecule has 1 amide bonds. The van der Waals surface area contributed by atoms with E-state index in [2.05, 4.69) is 5.32 Å². The van der Waals surface area contributed by atoms with Crippen molar-refractivity contribution < 1.29 is 9.59 Å². The average Bonchev–Trinajstić information content (AvgIpc) is 2.40. The Bertz CT molecular complexity index is 408. The lowest BCUT2D eigenvalue weighted by Gasteiger charge is -2.20. The number of carbonyl (C=O) groups excluding carboxylic acids is 2. The lowest BCUT2D eigenvalue weighted by molar-refractivity contribution is -0.120. The minimum Gasteiger partial charge on any atom is -0.326 e. The summed E-state index contributed by atoms with van der Waals surface area (Å²) < 4.78 is 0. The molecule has 1 aliphatic rings. The molecule has 3 heteroatoms. The van der Waals surface area contributed by atoms with E-state index in [4.69, 9.17) is 0 Å². The van der Waals surface area contributed by atoms with Gasteiger partial charge >= 0.3 is 0 Å². The second kappa shape index (κ2) is 5.62. The SMILES string of the molecule is O=Cc1cccc(NC(=O)C2CCCCC2)c1. The molecule has 0 saturated heterocycles. The van der Waals surface area contributed by atoms with E-state index >= 15 is 0 Å². The summed E-state index contributed by atoms with van der Waals surface area (Å²) in [5.41, 5.74) is 1.30. The van der Waals surface area contributed by atoms with Crippen LogP contribution in [0.15, 0.2) is 24.3 Å². The largest absolute Gasteiger partial charge is 0.326 e. The quantitative estimate of drug-likeness (QED) is 0.813. The van der Waals surface area contributed by atoms with Gasteiger partial charge in [-0.25, -0.2) is 0 Å². The highest BCUT2D eigenvalue weighted by atomic mass is 16.1. The molecule has 0 heterocycles. The molecule has 0 unspecified atom stereocenters. The summed E-state index contributed by atoms with van der Waals surface area (Å²) in [7, 11) is 0. The van der Waals surface area contributed by atoms with Gasteiger partial charge in [0.25, 0.3) is 0 Å². The Morgan fingerprint density at radius 2 is 2.00 bits per heavy atom. The fourth-order valence-electron chi connectivity index (χ4n) is 2.30. The van der Waals surface area contributed by atoms with Gasteiger partial charge in [0.2, 0.25) is 5.91 Å². The number of aldehydes is 1. The minimum absolute atomic E-state index is 0.0905. The van der Waals surface area contributed by atoms with Gasteiger partial charge in [-0.15, -0.1) is 0 Å². The standard InChI is InChI=1S/C14H17NO2/c16-10-11-5-4-8-13(9-11)15-14(17)12-6-2-1-3-7-12/h4-5,8-10,12H,1-3,6-7H2,(H,15,17). The molecule has 3 nitrogen and oxygen atoms in total. The summed E-state index contributed by atoms with van der Waals surface area (Å²) >= 11 is 0. The van der Waals surface area contributed by atoms with Crippen molar-refractivity contribution in [1.82, 2.24) is 0 Å². The summed E-state index contributed by atoms with van der Waals surface area (Å²) in [5.74, 6) is 0.233. The van der Waals surface area contributed by atoms with Gasteiger partial charge in [0.1, 0.15) is 6.29 Å². The van der Waals surface area contributed by atoms with E-state index in [0.717, 1.165) is 32.0 Å². The first-order chi connectivity index (χ1) is 8.29. The van der Waals surface area contributed by atoms with E-state index < -0.39 is 0 Å². The lowest BCUT2D eigenvalue weighted by Crippen LogP contribution is -2.24. The zero-order valence-corrected chi connectivity index (χ0v) is 9.82. The summed E-state index contributed by atoms with van der Waals surface area (Å²) in [4.78, 5) is 22.6. The van der Waals surface area contributed by atoms with Gasteiger partial charge in [-0.2, -0.15) is 0 Å². The third-order valence-electron chi connectivity index (χ3n) is 3.27. The molecule has 2 rings (SSSR count). The van der Waals surface area contributed by atoms with Gasteiger partial charge in [-0.1, -0.05) is 31.4 Å². The van der Waals surface area contributed by atoms with Crippen LogP contribution >= 0.6 is 0 Å². The van der Waals surface area contributed by atoms with Crippen LogP contribution in [0.25, 0.3) is 0 Å². The topological polar surface area (TPSA) is 46.2 Å². The van der Waals surface area contributed by atoms with Crippen molar-refractivity contribution in [1.29, 1.82) is 0 Å². The first-order valence-electron chi connectivity index (χ1n) is 6.16. The van der Waals surface area contributed by atoms with Crippen LogP contribution in [0.3, 0.4) is 0 Å². The Hall–Kier alpha value is -1.64. The van der Waals surface area contributed by atoms with E-state index in [1.165, 1.54) is 6.42 Å². The van der Waals surface area contributed by atoms with Crippen LogP contribution in [0.5, 0.6) is 0 Å². The maximum atomic E-state index is 12.0. The zero-order valence-electron chi connectivity index (χ0n) is 9.82. The van der Waals surface area contributed by atoms with Gasteiger partial charge in [-0.05, 0) is 25.0 Å². The molecule has 1 aromatic carbocycles. The zero-order chi connectivity index (χ0) is 12.1. The Kier molecular flexibility index (Phi) is 3.91. The van der Waals surface area contributed by atoms with Crippen LogP contribution in [0, 0.1) is 5.92 Å². The third-order valence-corrected chi connectivity index (χ3v) is 3.27. The van der Waals surface area contributed by atoms with Crippen molar-refractivity contribution in [3.05, 3.63) is 29.8 Å². The van der Waals surface area contributed by atoms with Crippen LogP contribution in [0.2, 0.25) is 0 Å². The fraction of sp³-hybridized carbons (Fsp3) is 0.429. The summed E-state index contributed by atoms with van der Waals surface area (Å²) in [5, 5.41) is 2.89.